The monoisotopic (exact) mass is 355 g/mol. The molecule has 0 aliphatic carbocycles. The molecule has 1 atom stereocenters. The van der Waals surface area contributed by atoms with Crippen LogP contribution < -0.4 is 10.1 Å². The molecule has 0 aromatic heterocycles. The largest absolute Gasteiger partial charge is 0.494 e. The second-order valence-electron chi connectivity index (χ2n) is 6.03. The first-order valence-electron chi connectivity index (χ1n) is 8.77. The van der Waals surface area contributed by atoms with Crippen LogP contribution >= 0.6 is 0 Å². The smallest absolute Gasteiger partial charge is 0.306 e. The fourth-order valence-corrected chi connectivity index (χ4v) is 2.43. The number of anilines is 1. The second-order valence-corrected chi connectivity index (χ2v) is 6.03. The molecular formula is C21H25NO4. The van der Waals surface area contributed by atoms with Crippen molar-refractivity contribution in [2.45, 2.75) is 39.7 Å². The number of aryl methyl sites for hydroxylation is 2. The van der Waals surface area contributed by atoms with Crippen molar-refractivity contribution >= 4 is 17.6 Å². The van der Waals surface area contributed by atoms with Gasteiger partial charge < -0.3 is 14.8 Å². The number of benzene rings is 2. The van der Waals surface area contributed by atoms with Crippen molar-refractivity contribution in [2.24, 2.45) is 0 Å². The summed E-state index contributed by atoms with van der Waals surface area (Å²) in [4.78, 5) is 24.2. The van der Waals surface area contributed by atoms with Crippen LogP contribution in [-0.4, -0.2) is 24.6 Å². The Morgan fingerprint density at radius 2 is 1.77 bits per heavy atom. The molecule has 5 heteroatoms. The zero-order chi connectivity index (χ0) is 18.9. The number of rotatable bonds is 8. The first-order chi connectivity index (χ1) is 12.5. The summed E-state index contributed by atoms with van der Waals surface area (Å²) in [6.45, 7) is 6.02. The third kappa shape index (κ3) is 5.92. The standard InChI is InChI=1S/C21H25NO4/c1-4-25-19-8-6-5-7-17(19)11-14-20(23)26-16(3)21(24)22-18-12-9-15(2)10-13-18/h5-10,12-13,16H,4,11,14H2,1-3H3,(H,22,24)/t16-/m0/s1. The highest BCUT2D eigenvalue weighted by molar-refractivity contribution is 5.95. The van der Waals surface area contributed by atoms with Crippen LogP contribution in [0.1, 0.15) is 31.4 Å². The van der Waals surface area contributed by atoms with E-state index in [9.17, 15) is 9.59 Å². The summed E-state index contributed by atoms with van der Waals surface area (Å²) in [5, 5.41) is 2.74. The summed E-state index contributed by atoms with van der Waals surface area (Å²) in [7, 11) is 0. The Bertz CT molecular complexity index is 740. The normalized spacial score (nSPS) is 11.5. The number of hydrogen-bond acceptors (Lipinski definition) is 4. The Morgan fingerprint density at radius 3 is 2.46 bits per heavy atom. The highest BCUT2D eigenvalue weighted by Crippen LogP contribution is 2.20. The molecule has 0 unspecified atom stereocenters. The molecule has 0 spiro atoms. The van der Waals surface area contributed by atoms with Crippen LogP contribution in [-0.2, 0) is 20.7 Å². The molecule has 0 saturated heterocycles. The van der Waals surface area contributed by atoms with E-state index in [1.165, 1.54) is 0 Å². The van der Waals surface area contributed by atoms with Gasteiger partial charge in [-0.05, 0) is 51.0 Å². The third-order valence-corrected chi connectivity index (χ3v) is 3.87. The van der Waals surface area contributed by atoms with Gasteiger partial charge in [-0.15, -0.1) is 0 Å². The van der Waals surface area contributed by atoms with Crippen LogP contribution in [0.5, 0.6) is 5.75 Å². The minimum Gasteiger partial charge on any atom is -0.494 e. The molecule has 2 aromatic carbocycles. The minimum atomic E-state index is -0.856. The van der Waals surface area contributed by atoms with E-state index in [-0.39, 0.29) is 12.3 Å². The molecule has 0 aliphatic heterocycles. The van der Waals surface area contributed by atoms with Crippen molar-refractivity contribution in [3.8, 4) is 5.75 Å². The fourth-order valence-electron chi connectivity index (χ4n) is 2.43. The molecule has 1 amide bonds. The van der Waals surface area contributed by atoms with Gasteiger partial charge in [0.2, 0.25) is 0 Å². The highest BCUT2D eigenvalue weighted by Gasteiger charge is 2.18. The Labute approximate surface area is 154 Å². The Morgan fingerprint density at radius 1 is 1.08 bits per heavy atom. The number of para-hydroxylation sites is 1. The van der Waals surface area contributed by atoms with Crippen molar-refractivity contribution < 1.29 is 19.1 Å². The van der Waals surface area contributed by atoms with Crippen molar-refractivity contribution in [2.75, 3.05) is 11.9 Å². The van der Waals surface area contributed by atoms with E-state index < -0.39 is 12.1 Å². The van der Waals surface area contributed by atoms with Gasteiger partial charge in [0.05, 0.1) is 6.61 Å². The minimum absolute atomic E-state index is 0.187. The predicted molar refractivity (Wildman–Crippen MR) is 101 cm³/mol. The van der Waals surface area contributed by atoms with Crippen LogP contribution in [0, 0.1) is 6.92 Å². The molecule has 0 heterocycles. The average Bonchev–Trinajstić information content (AvgIpc) is 2.63. The summed E-state index contributed by atoms with van der Waals surface area (Å²) in [5.74, 6) is 0.00717. The lowest BCUT2D eigenvalue weighted by Crippen LogP contribution is -2.30. The SMILES string of the molecule is CCOc1ccccc1CCC(=O)O[C@@H](C)C(=O)Nc1ccc(C)cc1. The number of hydrogen-bond donors (Lipinski definition) is 1. The van der Waals surface area contributed by atoms with E-state index in [1.54, 1.807) is 6.92 Å². The van der Waals surface area contributed by atoms with Crippen molar-refractivity contribution in [1.82, 2.24) is 0 Å². The van der Waals surface area contributed by atoms with Gasteiger partial charge in [-0.25, -0.2) is 0 Å². The molecule has 0 bridgehead atoms. The maximum Gasteiger partial charge on any atom is 0.306 e. The van der Waals surface area contributed by atoms with E-state index in [0.717, 1.165) is 16.9 Å². The lowest BCUT2D eigenvalue weighted by atomic mass is 10.1. The first kappa shape index (κ1) is 19.5. The Balaban J connectivity index is 1.83. The fraction of sp³-hybridized carbons (Fsp3) is 0.333. The molecule has 0 aliphatic rings. The summed E-state index contributed by atoms with van der Waals surface area (Å²) in [6, 6.07) is 15.0. The van der Waals surface area contributed by atoms with Crippen LogP contribution in [0.4, 0.5) is 5.69 Å². The molecule has 1 N–H and O–H groups in total. The van der Waals surface area contributed by atoms with E-state index in [4.69, 9.17) is 9.47 Å². The number of ether oxygens (including phenoxy) is 2. The molecular weight excluding hydrogens is 330 g/mol. The van der Waals surface area contributed by atoms with Gasteiger partial charge in [0.1, 0.15) is 5.75 Å². The molecule has 0 saturated carbocycles. The molecule has 2 aromatic rings. The maximum absolute atomic E-state index is 12.1. The van der Waals surface area contributed by atoms with Crippen molar-refractivity contribution in [3.05, 3.63) is 59.7 Å². The number of carbonyl (C=O) groups excluding carboxylic acids is 2. The van der Waals surface area contributed by atoms with E-state index in [0.29, 0.717) is 18.7 Å². The van der Waals surface area contributed by atoms with Crippen molar-refractivity contribution in [1.29, 1.82) is 0 Å². The third-order valence-electron chi connectivity index (χ3n) is 3.87. The zero-order valence-electron chi connectivity index (χ0n) is 15.5. The summed E-state index contributed by atoms with van der Waals surface area (Å²) in [6.07, 6.45) is -0.168. The molecule has 138 valence electrons. The predicted octanol–water partition coefficient (Wildman–Crippen LogP) is 3.90. The number of amides is 1. The van der Waals surface area contributed by atoms with Crippen LogP contribution in [0.3, 0.4) is 0 Å². The molecule has 0 fully saturated rings. The van der Waals surface area contributed by atoms with E-state index in [1.807, 2.05) is 62.4 Å². The number of nitrogens with one attached hydrogen (secondary N) is 1. The van der Waals surface area contributed by atoms with Crippen molar-refractivity contribution in [3.63, 3.8) is 0 Å². The second kappa shape index (κ2) is 9.61. The topological polar surface area (TPSA) is 64.6 Å². The Kier molecular flexibility index (Phi) is 7.21. The van der Waals surface area contributed by atoms with Gasteiger partial charge in [-0.3, -0.25) is 9.59 Å². The van der Waals surface area contributed by atoms with E-state index >= 15 is 0 Å². The van der Waals surface area contributed by atoms with Gasteiger partial charge in [-0.1, -0.05) is 35.9 Å². The van der Waals surface area contributed by atoms with Crippen LogP contribution in [0.25, 0.3) is 0 Å². The number of esters is 1. The Hall–Kier alpha value is -2.82. The van der Waals surface area contributed by atoms with Gasteiger partial charge in [-0.2, -0.15) is 0 Å². The summed E-state index contributed by atoms with van der Waals surface area (Å²) >= 11 is 0. The molecule has 0 radical (unpaired) electrons. The van der Waals surface area contributed by atoms with Gasteiger partial charge in [0.25, 0.3) is 5.91 Å². The van der Waals surface area contributed by atoms with E-state index in [2.05, 4.69) is 5.32 Å². The average molecular weight is 355 g/mol. The summed E-state index contributed by atoms with van der Waals surface area (Å²) < 4.78 is 10.8. The van der Waals surface area contributed by atoms with Gasteiger partial charge >= 0.3 is 5.97 Å². The molecule has 5 nitrogen and oxygen atoms in total. The quantitative estimate of drug-likeness (QED) is 0.730. The lowest BCUT2D eigenvalue weighted by molar-refractivity contribution is -0.153. The maximum atomic E-state index is 12.1. The molecule has 26 heavy (non-hydrogen) atoms. The summed E-state index contributed by atoms with van der Waals surface area (Å²) in [5.41, 5.74) is 2.73. The van der Waals surface area contributed by atoms with Gasteiger partial charge in [0, 0.05) is 12.1 Å². The van der Waals surface area contributed by atoms with Crippen LogP contribution in [0.15, 0.2) is 48.5 Å². The lowest BCUT2D eigenvalue weighted by Gasteiger charge is -2.14. The molecule has 2 rings (SSSR count). The van der Waals surface area contributed by atoms with Crippen LogP contribution in [0.2, 0.25) is 0 Å². The number of carbonyl (C=O) groups is 2. The zero-order valence-corrected chi connectivity index (χ0v) is 15.5. The highest BCUT2D eigenvalue weighted by atomic mass is 16.5. The van der Waals surface area contributed by atoms with Gasteiger partial charge in [0.15, 0.2) is 6.10 Å². The first-order valence-corrected chi connectivity index (χ1v) is 8.77.